The monoisotopic (exact) mass is 342 g/mol. The molecule has 124 valence electrons. The van der Waals surface area contributed by atoms with Crippen LogP contribution in [0.25, 0.3) is 0 Å². The van der Waals surface area contributed by atoms with Gasteiger partial charge in [0.15, 0.2) is 0 Å². The summed E-state index contributed by atoms with van der Waals surface area (Å²) in [5, 5.41) is 3.72. The van der Waals surface area contributed by atoms with E-state index in [9.17, 15) is 4.79 Å². The Morgan fingerprint density at radius 1 is 1.12 bits per heavy atom. The molecule has 1 N–H and O–H groups in total. The van der Waals surface area contributed by atoms with E-state index in [2.05, 4.69) is 10.2 Å². The maximum absolute atomic E-state index is 12.4. The molecule has 24 heavy (non-hydrogen) atoms. The van der Waals surface area contributed by atoms with Crippen molar-refractivity contribution >= 4 is 17.5 Å². The minimum absolute atomic E-state index is 0.0157. The summed E-state index contributed by atoms with van der Waals surface area (Å²) in [5.41, 5.74) is 0.652. The summed E-state index contributed by atoms with van der Waals surface area (Å²) in [4.78, 5) is 14.8. The predicted octanol–water partition coefficient (Wildman–Crippen LogP) is 3.57. The number of carbonyl (C=O) groups is 1. The van der Waals surface area contributed by atoms with Crippen LogP contribution < -0.4 is 10.1 Å². The number of para-hydroxylation sites is 1. The molecule has 2 aromatic carbocycles. The van der Waals surface area contributed by atoms with Crippen LogP contribution in [0.15, 0.2) is 48.5 Å². The van der Waals surface area contributed by atoms with Gasteiger partial charge in [-0.2, -0.15) is 0 Å². The van der Waals surface area contributed by atoms with Crippen LogP contribution in [0.4, 0.5) is 0 Å². The first-order valence-corrected chi connectivity index (χ1v) is 8.62. The fraction of sp³-hybridized carbons (Fsp3) is 0.316. The highest BCUT2D eigenvalue weighted by molar-refractivity contribution is 6.32. The van der Waals surface area contributed by atoms with Crippen LogP contribution >= 0.6 is 11.6 Å². The number of halogens is 1. The van der Waals surface area contributed by atoms with Crippen molar-refractivity contribution in [3.8, 4) is 11.5 Å². The highest BCUT2D eigenvalue weighted by Gasteiger charge is 2.38. The van der Waals surface area contributed by atoms with Crippen molar-refractivity contribution in [3.05, 3.63) is 59.1 Å². The Labute approximate surface area is 146 Å². The van der Waals surface area contributed by atoms with Crippen molar-refractivity contribution in [2.24, 2.45) is 5.92 Å². The quantitative estimate of drug-likeness (QED) is 0.923. The van der Waals surface area contributed by atoms with Crippen LogP contribution in [0.2, 0.25) is 5.02 Å². The zero-order valence-electron chi connectivity index (χ0n) is 13.2. The molecule has 0 saturated carbocycles. The van der Waals surface area contributed by atoms with E-state index in [1.807, 2.05) is 18.2 Å². The van der Waals surface area contributed by atoms with Gasteiger partial charge in [0.05, 0.1) is 5.02 Å². The molecule has 2 heterocycles. The van der Waals surface area contributed by atoms with Gasteiger partial charge in [0, 0.05) is 24.7 Å². The van der Waals surface area contributed by atoms with Crippen molar-refractivity contribution < 1.29 is 9.53 Å². The number of ether oxygens (including phenoxy) is 1. The number of amides is 1. The van der Waals surface area contributed by atoms with E-state index in [-0.39, 0.29) is 11.9 Å². The van der Waals surface area contributed by atoms with E-state index >= 15 is 0 Å². The molecule has 2 fully saturated rings. The zero-order valence-corrected chi connectivity index (χ0v) is 14.0. The number of piperidine rings is 1. The highest BCUT2D eigenvalue weighted by Crippen LogP contribution is 2.30. The lowest BCUT2D eigenvalue weighted by molar-refractivity contribution is 0.0924. The van der Waals surface area contributed by atoms with Crippen LogP contribution in [0.5, 0.6) is 11.5 Å². The molecule has 2 saturated heterocycles. The SMILES string of the molecule is O=C(NC1CN2CCC1C2)c1ccc(Oc2ccccc2Cl)cc1. The van der Waals surface area contributed by atoms with Gasteiger partial charge in [0.1, 0.15) is 11.5 Å². The fourth-order valence-corrected chi connectivity index (χ4v) is 3.70. The number of benzene rings is 2. The standard InChI is InChI=1S/C19H19ClN2O2/c20-16-3-1-2-4-18(16)24-15-7-5-13(6-8-15)19(23)21-17-12-22-10-9-14(17)11-22/h1-8,14,17H,9-12H2,(H,21,23). The zero-order chi connectivity index (χ0) is 16.5. The molecule has 0 radical (unpaired) electrons. The van der Waals surface area contributed by atoms with Crippen molar-refractivity contribution in [2.75, 3.05) is 19.6 Å². The van der Waals surface area contributed by atoms with Crippen LogP contribution in [-0.2, 0) is 0 Å². The van der Waals surface area contributed by atoms with E-state index in [0.29, 0.717) is 28.0 Å². The average molecular weight is 343 g/mol. The molecule has 0 spiro atoms. The summed E-state index contributed by atoms with van der Waals surface area (Å²) < 4.78 is 5.75. The summed E-state index contributed by atoms with van der Waals surface area (Å²) >= 11 is 6.09. The number of carbonyl (C=O) groups excluding carboxylic acids is 1. The van der Waals surface area contributed by atoms with Gasteiger partial charge in [-0.15, -0.1) is 0 Å². The summed E-state index contributed by atoms with van der Waals surface area (Å²) in [7, 11) is 0. The van der Waals surface area contributed by atoms with Gasteiger partial charge < -0.3 is 15.0 Å². The number of nitrogens with one attached hydrogen (secondary N) is 1. The minimum atomic E-state index is -0.0157. The van der Waals surface area contributed by atoms with E-state index in [0.717, 1.165) is 13.1 Å². The Kier molecular flexibility index (Phi) is 4.17. The molecule has 1 amide bonds. The number of hydrogen-bond acceptors (Lipinski definition) is 3. The maximum Gasteiger partial charge on any atom is 0.251 e. The molecule has 2 aliphatic heterocycles. The summed E-state index contributed by atoms with van der Waals surface area (Å²) in [6.07, 6.45) is 1.19. The van der Waals surface area contributed by atoms with Crippen molar-refractivity contribution in [2.45, 2.75) is 12.5 Å². The molecule has 3 unspecified atom stereocenters. The van der Waals surface area contributed by atoms with Gasteiger partial charge in [0.2, 0.25) is 0 Å². The van der Waals surface area contributed by atoms with E-state index in [4.69, 9.17) is 16.3 Å². The Hall–Kier alpha value is -2.04. The van der Waals surface area contributed by atoms with Gasteiger partial charge in [-0.3, -0.25) is 4.79 Å². The largest absolute Gasteiger partial charge is 0.456 e. The Morgan fingerprint density at radius 3 is 2.58 bits per heavy atom. The van der Waals surface area contributed by atoms with Crippen molar-refractivity contribution in [1.82, 2.24) is 10.2 Å². The molecule has 3 atom stereocenters. The number of hydrogen-bond donors (Lipinski definition) is 1. The van der Waals surface area contributed by atoms with E-state index in [1.165, 1.54) is 13.0 Å². The lowest BCUT2D eigenvalue weighted by atomic mass is 9.99. The van der Waals surface area contributed by atoms with Gasteiger partial charge >= 0.3 is 0 Å². The molecule has 2 bridgehead atoms. The van der Waals surface area contributed by atoms with Crippen LogP contribution in [0, 0.1) is 5.92 Å². The molecule has 4 nitrogen and oxygen atoms in total. The van der Waals surface area contributed by atoms with Gasteiger partial charge in [0.25, 0.3) is 5.91 Å². The Morgan fingerprint density at radius 2 is 1.92 bits per heavy atom. The number of rotatable bonds is 4. The summed E-state index contributed by atoms with van der Waals surface area (Å²) in [6, 6.07) is 14.8. The van der Waals surface area contributed by atoms with Crippen LogP contribution in [0.1, 0.15) is 16.8 Å². The second-order valence-electron chi connectivity index (χ2n) is 6.45. The van der Waals surface area contributed by atoms with Gasteiger partial charge in [-0.05, 0) is 55.3 Å². The van der Waals surface area contributed by atoms with E-state index < -0.39 is 0 Å². The van der Waals surface area contributed by atoms with Crippen molar-refractivity contribution in [1.29, 1.82) is 0 Å². The molecule has 4 rings (SSSR count). The first-order valence-electron chi connectivity index (χ1n) is 8.25. The third kappa shape index (κ3) is 3.12. The lowest BCUT2D eigenvalue weighted by Crippen LogP contribution is -2.43. The third-order valence-corrected chi connectivity index (χ3v) is 5.14. The first kappa shape index (κ1) is 15.5. The normalized spacial score (nSPS) is 24.8. The molecular weight excluding hydrogens is 324 g/mol. The summed E-state index contributed by atoms with van der Waals surface area (Å²) in [5.74, 6) is 1.85. The Bertz CT molecular complexity index is 747. The van der Waals surface area contributed by atoms with E-state index in [1.54, 1.807) is 30.3 Å². The minimum Gasteiger partial charge on any atom is -0.456 e. The molecule has 0 aliphatic carbocycles. The smallest absolute Gasteiger partial charge is 0.251 e. The lowest BCUT2D eigenvalue weighted by Gasteiger charge is -2.23. The molecule has 5 heteroatoms. The maximum atomic E-state index is 12.4. The average Bonchev–Trinajstić information content (AvgIpc) is 3.20. The fourth-order valence-electron chi connectivity index (χ4n) is 3.53. The van der Waals surface area contributed by atoms with Crippen LogP contribution in [0.3, 0.4) is 0 Å². The molecule has 0 aromatic heterocycles. The first-order chi connectivity index (χ1) is 11.7. The van der Waals surface area contributed by atoms with Gasteiger partial charge in [-0.1, -0.05) is 23.7 Å². The van der Waals surface area contributed by atoms with Crippen LogP contribution in [-0.4, -0.2) is 36.5 Å². The topological polar surface area (TPSA) is 41.6 Å². The number of nitrogens with zero attached hydrogens (tertiary/aromatic N) is 1. The highest BCUT2D eigenvalue weighted by atomic mass is 35.5. The Balaban J connectivity index is 1.40. The summed E-state index contributed by atoms with van der Waals surface area (Å²) in [6.45, 7) is 3.27. The van der Waals surface area contributed by atoms with Crippen molar-refractivity contribution in [3.63, 3.8) is 0 Å². The third-order valence-electron chi connectivity index (χ3n) is 4.83. The van der Waals surface area contributed by atoms with Gasteiger partial charge in [-0.25, -0.2) is 0 Å². The predicted molar refractivity (Wildman–Crippen MR) is 93.8 cm³/mol. The number of fused-ring (bicyclic) bond motifs is 2. The molecular formula is C19H19ClN2O2. The molecule has 2 aromatic rings. The second kappa shape index (κ2) is 6.46. The molecule has 2 aliphatic rings. The second-order valence-corrected chi connectivity index (χ2v) is 6.85.